The van der Waals surface area contributed by atoms with Gasteiger partial charge >= 0.3 is 0 Å². The Morgan fingerprint density at radius 3 is 2.67 bits per heavy atom. The zero-order valence-corrected chi connectivity index (χ0v) is 12.6. The number of nitrogens with one attached hydrogen (secondary N) is 1. The Labute approximate surface area is 121 Å². The van der Waals surface area contributed by atoms with E-state index in [0.29, 0.717) is 5.22 Å². The van der Waals surface area contributed by atoms with Gasteiger partial charge in [-0.25, -0.2) is 0 Å². The summed E-state index contributed by atoms with van der Waals surface area (Å²) >= 11 is 13.6. The number of furan rings is 1. The zero-order valence-electron chi connectivity index (χ0n) is 10.3. The average molecular weight is 304 g/mol. The molecule has 0 saturated heterocycles. The summed E-state index contributed by atoms with van der Waals surface area (Å²) in [5, 5.41) is 3.87. The molecule has 2 aromatic rings. The highest BCUT2D eigenvalue weighted by Gasteiger charge is 2.20. The standard InChI is InChI=1S/C13H15Cl2NOS/c1-3-6-16-12(9-4-5-11(14)17-9)10-7-8(2)13(15)18-10/h4-5,7,12,16H,3,6H2,1-2H3. The fourth-order valence-corrected chi connectivity index (χ4v) is 3.19. The van der Waals surface area contributed by atoms with Crippen LogP contribution in [-0.2, 0) is 0 Å². The van der Waals surface area contributed by atoms with Gasteiger partial charge in [0.15, 0.2) is 5.22 Å². The van der Waals surface area contributed by atoms with Crippen LogP contribution in [0.2, 0.25) is 9.56 Å². The van der Waals surface area contributed by atoms with Gasteiger partial charge in [-0.3, -0.25) is 0 Å². The summed E-state index contributed by atoms with van der Waals surface area (Å²) < 4.78 is 6.34. The topological polar surface area (TPSA) is 25.2 Å². The van der Waals surface area contributed by atoms with Crippen molar-refractivity contribution in [3.8, 4) is 0 Å². The van der Waals surface area contributed by atoms with Crippen molar-refractivity contribution in [1.29, 1.82) is 0 Å². The molecule has 0 aromatic carbocycles. The Balaban J connectivity index is 2.30. The van der Waals surface area contributed by atoms with E-state index in [-0.39, 0.29) is 6.04 Å². The quantitative estimate of drug-likeness (QED) is 0.836. The average Bonchev–Trinajstić information content (AvgIpc) is 2.88. The van der Waals surface area contributed by atoms with Crippen LogP contribution in [0.3, 0.4) is 0 Å². The third kappa shape index (κ3) is 3.09. The van der Waals surface area contributed by atoms with Crippen molar-refractivity contribution in [3.63, 3.8) is 0 Å². The number of thiophene rings is 1. The van der Waals surface area contributed by atoms with E-state index < -0.39 is 0 Å². The van der Waals surface area contributed by atoms with Crippen LogP contribution in [0.15, 0.2) is 22.6 Å². The van der Waals surface area contributed by atoms with Gasteiger partial charge in [0.25, 0.3) is 0 Å². The minimum Gasteiger partial charge on any atom is -0.448 e. The van der Waals surface area contributed by atoms with Gasteiger partial charge in [0.05, 0.1) is 4.34 Å². The van der Waals surface area contributed by atoms with E-state index >= 15 is 0 Å². The van der Waals surface area contributed by atoms with Gasteiger partial charge in [0.1, 0.15) is 11.8 Å². The summed E-state index contributed by atoms with van der Waals surface area (Å²) in [6.45, 7) is 5.05. The molecular weight excluding hydrogens is 289 g/mol. The molecule has 1 unspecified atom stereocenters. The molecule has 0 saturated carbocycles. The van der Waals surface area contributed by atoms with Crippen molar-refractivity contribution in [2.24, 2.45) is 0 Å². The van der Waals surface area contributed by atoms with Crippen LogP contribution >= 0.6 is 34.5 Å². The van der Waals surface area contributed by atoms with E-state index in [1.54, 1.807) is 17.4 Å². The first kappa shape index (κ1) is 13.9. The molecule has 0 spiro atoms. The maximum absolute atomic E-state index is 6.13. The van der Waals surface area contributed by atoms with Crippen LogP contribution in [0, 0.1) is 6.92 Å². The maximum Gasteiger partial charge on any atom is 0.193 e. The van der Waals surface area contributed by atoms with E-state index in [4.69, 9.17) is 27.6 Å². The third-order valence-corrected chi connectivity index (χ3v) is 4.46. The minimum atomic E-state index is 0.0219. The van der Waals surface area contributed by atoms with Crippen molar-refractivity contribution in [3.05, 3.63) is 44.0 Å². The molecule has 0 aliphatic rings. The molecule has 0 aliphatic heterocycles. The van der Waals surface area contributed by atoms with Crippen LogP contribution in [0.25, 0.3) is 0 Å². The number of hydrogen-bond donors (Lipinski definition) is 1. The molecule has 0 bridgehead atoms. The summed E-state index contributed by atoms with van der Waals surface area (Å²) in [6, 6.07) is 5.78. The lowest BCUT2D eigenvalue weighted by Gasteiger charge is -2.14. The first-order valence-corrected chi connectivity index (χ1v) is 7.43. The number of halogens is 2. The van der Waals surface area contributed by atoms with Gasteiger partial charge < -0.3 is 9.73 Å². The molecule has 0 fully saturated rings. The van der Waals surface area contributed by atoms with Gasteiger partial charge in [0, 0.05) is 4.88 Å². The predicted octanol–water partition coefficient (Wildman–Crippen LogP) is 5.05. The molecule has 98 valence electrons. The Hall–Kier alpha value is -0.480. The highest BCUT2D eigenvalue weighted by molar-refractivity contribution is 7.16. The fraction of sp³-hybridized carbons (Fsp3) is 0.385. The van der Waals surface area contributed by atoms with Gasteiger partial charge in [-0.2, -0.15) is 0 Å². The zero-order chi connectivity index (χ0) is 13.1. The predicted molar refractivity (Wildman–Crippen MR) is 77.9 cm³/mol. The molecule has 2 aromatic heterocycles. The van der Waals surface area contributed by atoms with E-state index in [1.165, 1.54) is 0 Å². The summed E-state index contributed by atoms with van der Waals surface area (Å²) in [7, 11) is 0. The molecule has 5 heteroatoms. The van der Waals surface area contributed by atoms with Gasteiger partial charge in [-0.1, -0.05) is 18.5 Å². The smallest absolute Gasteiger partial charge is 0.193 e. The van der Waals surface area contributed by atoms with Crippen molar-refractivity contribution in [2.75, 3.05) is 6.54 Å². The van der Waals surface area contributed by atoms with E-state index in [2.05, 4.69) is 18.3 Å². The molecule has 0 aliphatic carbocycles. The minimum absolute atomic E-state index is 0.0219. The normalized spacial score (nSPS) is 12.9. The van der Waals surface area contributed by atoms with Crippen LogP contribution in [0.5, 0.6) is 0 Å². The number of hydrogen-bond acceptors (Lipinski definition) is 3. The van der Waals surface area contributed by atoms with Gasteiger partial charge in [-0.15, -0.1) is 11.3 Å². The van der Waals surface area contributed by atoms with Crippen molar-refractivity contribution >= 4 is 34.5 Å². The van der Waals surface area contributed by atoms with E-state index in [1.807, 2.05) is 13.0 Å². The second-order valence-corrected chi connectivity index (χ2v) is 6.19. The number of aryl methyl sites for hydroxylation is 1. The number of rotatable bonds is 5. The van der Waals surface area contributed by atoms with Crippen molar-refractivity contribution in [2.45, 2.75) is 26.3 Å². The lowest BCUT2D eigenvalue weighted by Crippen LogP contribution is -2.21. The first-order chi connectivity index (χ1) is 8.61. The summed E-state index contributed by atoms with van der Waals surface area (Å²) in [5.41, 5.74) is 1.10. The molecular formula is C13H15Cl2NOS. The molecule has 2 rings (SSSR count). The van der Waals surface area contributed by atoms with E-state index in [9.17, 15) is 0 Å². The lowest BCUT2D eigenvalue weighted by molar-refractivity contribution is 0.451. The van der Waals surface area contributed by atoms with Crippen LogP contribution in [-0.4, -0.2) is 6.54 Å². The molecule has 2 heterocycles. The fourth-order valence-electron chi connectivity index (χ4n) is 1.74. The summed E-state index contributed by atoms with van der Waals surface area (Å²) in [4.78, 5) is 1.15. The van der Waals surface area contributed by atoms with Crippen LogP contribution in [0.4, 0.5) is 0 Å². The lowest BCUT2D eigenvalue weighted by atomic mass is 10.1. The Morgan fingerprint density at radius 2 is 2.17 bits per heavy atom. The van der Waals surface area contributed by atoms with Gasteiger partial charge in [0.2, 0.25) is 0 Å². The van der Waals surface area contributed by atoms with Crippen LogP contribution in [0.1, 0.15) is 35.6 Å². The molecule has 0 radical (unpaired) electrons. The Bertz CT molecular complexity index is 501. The summed E-state index contributed by atoms with van der Waals surface area (Å²) in [6.07, 6.45) is 1.06. The SMILES string of the molecule is CCCNC(c1ccc(Cl)o1)c1cc(C)c(Cl)s1. The van der Waals surface area contributed by atoms with Crippen LogP contribution < -0.4 is 5.32 Å². The Morgan fingerprint density at radius 1 is 1.39 bits per heavy atom. The van der Waals surface area contributed by atoms with Crippen molar-refractivity contribution < 1.29 is 4.42 Å². The second-order valence-electron chi connectivity index (χ2n) is 4.13. The molecule has 1 atom stereocenters. The highest BCUT2D eigenvalue weighted by Crippen LogP contribution is 2.35. The monoisotopic (exact) mass is 303 g/mol. The first-order valence-electron chi connectivity index (χ1n) is 5.86. The van der Waals surface area contributed by atoms with E-state index in [0.717, 1.165) is 33.5 Å². The molecule has 1 N–H and O–H groups in total. The summed E-state index contributed by atoms with van der Waals surface area (Å²) in [5.74, 6) is 0.825. The molecule has 0 amide bonds. The molecule has 18 heavy (non-hydrogen) atoms. The molecule has 2 nitrogen and oxygen atoms in total. The third-order valence-electron chi connectivity index (χ3n) is 2.64. The van der Waals surface area contributed by atoms with Crippen molar-refractivity contribution in [1.82, 2.24) is 5.32 Å². The second kappa shape index (κ2) is 6.11. The Kier molecular flexibility index (Phi) is 4.73. The largest absolute Gasteiger partial charge is 0.448 e. The van der Waals surface area contributed by atoms with Gasteiger partial charge in [-0.05, 0) is 55.3 Å². The highest BCUT2D eigenvalue weighted by atomic mass is 35.5. The maximum atomic E-state index is 6.13.